The molecule has 0 radical (unpaired) electrons. The highest BCUT2D eigenvalue weighted by molar-refractivity contribution is 6.30. The molecule has 166 valence electrons. The van der Waals surface area contributed by atoms with Gasteiger partial charge in [-0.15, -0.1) is 0 Å². The van der Waals surface area contributed by atoms with Gasteiger partial charge in [0.2, 0.25) is 5.96 Å². The van der Waals surface area contributed by atoms with Crippen LogP contribution in [0.5, 0.6) is 5.75 Å². The van der Waals surface area contributed by atoms with Gasteiger partial charge in [0.05, 0.1) is 26.4 Å². The number of nitrogens with one attached hydrogen (secondary N) is 2. The molecular weight excluding hydrogens is 416 g/mol. The maximum atomic E-state index is 12.8. The van der Waals surface area contributed by atoms with Crippen molar-refractivity contribution in [2.75, 3.05) is 51.3 Å². The summed E-state index contributed by atoms with van der Waals surface area (Å²) in [4.78, 5) is 19.7. The molecule has 0 bridgehead atoms. The van der Waals surface area contributed by atoms with Crippen LogP contribution in [0.4, 0.5) is 5.69 Å². The number of anilines is 1. The van der Waals surface area contributed by atoms with E-state index in [1.165, 1.54) is 0 Å². The van der Waals surface area contributed by atoms with Crippen LogP contribution in [-0.4, -0.2) is 62.8 Å². The molecule has 1 saturated heterocycles. The third-order valence-corrected chi connectivity index (χ3v) is 5.13. The summed E-state index contributed by atoms with van der Waals surface area (Å²) >= 11 is 6.07. The van der Waals surface area contributed by atoms with Crippen LogP contribution in [-0.2, 0) is 4.74 Å². The number of amides is 1. The summed E-state index contributed by atoms with van der Waals surface area (Å²) in [5.41, 5.74) is 2.32. The molecule has 31 heavy (non-hydrogen) atoms. The maximum absolute atomic E-state index is 12.8. The minimum absolute atomic E-state index is 0.243. The molecule has 8 heteroatoms. The summed E-state index contributed by atoms with van der Waals surface area (Å²) in [5.74, 6) is 0.887. The van der Waals surface area contributed by atoms with Crippen LogP contribution in [0.25, 0.3) is 0 Å². The Morgan fingerprint density at radius 3 is 2.61 bits per heavy atom. The largest absolute Gasteiger partial charge is 0.494 e. The van der Waals surface area contributed by atoms with Crippen molar-refractivity contribution >= 4 is 29.2 Å². The highest BCUT2D eigenvalue weighted by atomic mass is 35.5. The number of benzene rings is 2. The number of carbonyl (C=O) groups is 1. The van der Waals surface area contributed by atoms with Crippen LogP contribution >= 0.6 is 11.6 Å². The van der Waals surface area contributed by atoms with Crippen molar-refractivity contribution in [2.45, 2.75) is 13.8 Å². The van der Waals surface area contributed by atoms with Gasteiger partial charge in [0.25, 0.3) is 5.91 Å². The summed E-state index contributed by atoms with van der Waals surface area (Å²) in [7, 11) is 0. The van der Waals surface area contributed by atoms with Crippen molar-refractivity contribution in [1.29, 1.82) is 0 Å². The first-order valence-electron chi connectivity index (χ1n) is 10.5. The zero-order valence-electron chi connectivity index (χ0n) is 18.0. The number of hydrogen-bond donors (Lipinski definition) is 2. The number of aryl methyl sites for hydroxylation is 1. The normalized spacial score (nSPS) is 14.9. The Hall–Kier alpha value is -2.61. The second-order valence-corrected chi connectivity index (χ2v) is 7.62. The molecule has 1 fully saturated rings. The molecule has 0 unspecified atom stereocenters. The van der Waals surface area contributed by atoms with E-state index < -0.39 is 0 Å². The Morgan fingerprint density at radius 2 is 1.94 bits per heavy atom. The Morgan fingerprint density at radius 1 is 1.19 bits per heavy atom. The van der Waals surface area contributed by atoms with Gasteiger partial charge in [-0.3, -0.25) is 20.0 Å². The Kier molecular flexibility index (Phi) is 8.70. The summed E-state index contributed by atoms with van der Waals surface area (Å²) in [6.45, 7) is 9.08. The lowest BCUT2D eigenvalue weighted by Gasteiger charge is -2.25. The fourth-order valence-corrected chi connectivity index (χ4v) is 3.41. The quantitative estimate of drug-likeness (QED) is 0.504. The van der Waals surface area contributed by atoms with E-state index >= 15 is 0 Å². The number of morpholine rings is 1. The smallest absolute Gasteiger partial charge is 0.257 e. The molecule has 1 heterocycles. The number of hydrogen-bond acceptors (Lipinski definition) is 5. The van der Waals surface area contributed by atoms with Gasteiger partial charge >= 0.3 is 0 Å². The summed E-state index contributed by atoms with van der Waals surface area (Å²) in [6, 6.07) is 12.6. The third kappa shape index (κ3) is 7.24. The van der Waals surface area contributed by atoms with Gasteiger partial charge in [-0.2, -0.15) is 0 Å². The van der Waals surface area contributed by atoms with Crippen LogP contribution in [0.3, 0.4) is 0 Å². The number of guanidine groups is 1. The van der Waals surface area contributed by atoms with Gasteiger partial charge in [-0.1, -0.05) is 11.6 Å². The molecule has 3 rings (SSSR count). The number of halogens is 1. The average Bonchev–Trinajstić information content (AvgIpc) is 2.77. The Labute approximate surface area is 188 Å². The second-order valence-electron chi connectivity index (χ2n) is 7.18. The SMILES string of the molecule is CCOc1ccc(C(=O)NC(=NCCN2CCOCC2)Nc2ccc(Cl)cc2C)cc1. The highest BCUT2D eigenvalue weighted by Gasteiger charge is 2.13. The van der Waals surface area contributed by atoms with E-state index in [0.717, 1.165) is 49.8 Å². The molecule has 7 nitrogen and oxygen atoms in total. The second kappa shape index (κ2) is 11.7. The van der Waals surface area contributed by atoms with Gasteiger partial charge < -0.3 is 14.8 Å². The Bertz CT molecular complexity index is 896. The van der Waals surface area contributed by atoms with Crippen LogP contribution in [0.15, 0.2) is 47.5 Å². The average molecular weight is 445 g/mol. The minimum atomic E-state index is -0.243. The van der Waals surface area contributed by atoms with E-state index in [9.17, 15) is 4.79 Å². The molecule has 2 aromatic rings. The van der Waals surface area contributed by atoms with Crippen molar-refractivity contribution in [1.82, 2.24) is 10.2 Å². The molecule has 1 aliphatic heterocycles. The standard InChI is InChI=1S/C23H29ClN4O3/c1-3-31-20-7-4-18(5-8-20)22(29)27-23(25-10-11-28-12-14-30-15-13-28)26-21-9-6-19(24)16-17(21)2/h4-9,16H,3,10-15H2,1-2H3,(H2,25,26,27,29). The molecule has 0 spiro atoms. The molecule has 0 atom stereocenters. The van der Waals surface area contributed by atoms with Crippen LogP contribution in [0.2, 0.25) is 5.02 Å². The fraction of sp³-hybridized carbons (Fsp3) is 0.391. The van der Waals surface area contributed by atoms with E-state index in [-0.39, 0.29) is 5.91 Å². The number of rotatable bonds is 7. The molecule has 1 aliphatic rings. The summed E-state index contributed by atoms with van der Waals surface area (Å²) in [5, 5.41) is 6.79. The summed E-state index contributed by atoms with van der Waals surface area (Å²) < 4.78 is 10.8. The highest BCUT2D eigenvalue weighted by Crippen LogP contribution is 2.19. The number of nitrogens with zero attached hydrogens (tertiary/aromatic N) is 2. The molecule has 0 saturated carbocycles. The molecule has 2 N–H and O–H groups in total. The van der Waals surface area contributed by atoms with Gasteiger partial charge in [0.15, 0.2) is 0 Å². The van der Waals surface area contributed by atoms with Crippen LogP contribution < -0.4 is 15.4 Å². The summed E-state index contributed by atoms with van der Waals surface area (Å²) in [6.07, 6.45) is 0. The van der Waals surface area contributed by atoms with Crippen molar-refractivity contribution in [2.24, 2.45) is 4.99 Å². The van der Waals surface area contributed by atoms with Crippen molar-refractivity contribution in [3.8, 4) is 5.75 Å². The topological polar surface area (TPSA) is 75.2 Å². The zero-order valence-corrected chi connectivity index (χ0v) is 18.7. The number of carbonyl (C=O) groups excluding carboxylic acids is 1. The van der Waals surface area contributed by atoms with E-state index in [4.69, 9.17) is 21.1 Å². The lowest BCUT2D eigenvalue weighted by atomic mass is 10.2. The molecule has 0 aliphatic carbocycles. The van der Waals surface area contributed by atoms with Crippen molar-refractivity contribution < 1.29 is 14.3 Å². The Balaban J connectivity index is 1.70. The van der Waals surface area contributed by atoms with Gasteiger partial charge in [-0.05, 0) is 61.9 Å². The zero-order chi connectivity index (χ0) is 22.1. The van der Waals surface area contributed by atoms with Crippen molar-refractivity contribution in [3.05, 3.63) is 58.6 Å². The van der Waals surface area contributed by atoms with Crippen molar-refractivity contribution in [3.63, 3.8) is 0 Å². The van der Waals surface area contributed by atoms with E-state index in [0.29, 0.717) is 29.7 Å². The first-order valence-corrected chi connectivity index (χ1v) is 10.8. The van der Waals surface area contributed by atoms with Gasteiger partial charge in [0, 0.05) is 35.9 Å². The molecular formula is C23H29ClN4O3. The third-order valence-electron chi connectivity index (χ3n) is 4.89. The molecule has 2 aromatic carbocycles. The monoisotopic (exact) mass is 444 g/mol. The van der Waals surface area contributed by atoms with Crippen LogP contribution in [0, 0.1) is 6.92 Å². The predicted octanol–water partition coefficient (Wildman–Crippen LogP) is 3.58. The number of aliphatic imine (C=N–C) groups is 1. The first-order chi connectivity index (χ1) is 15.0. The lowest BCUT2D eigenvalue weighted by molar-refractivity contribution is 0.0394. The molecule has 1 amide bonds. The predicted molar refractivity (Wildman–Crippen MR) is 124 cm³/mol. The van der Waals surface area contributed by atoms with Gasteiger partial charge in [0.1, 0.15) is 5.75 Å². The first kappa shape index (κ1) is 23.1. The van der Waals surface area contributed by atoms with Crippen LogP contribution in [0.1, 0.15) is 22.8 Å². The lowest BCUT2D eigenvalue weighted by Crippen LogP contribution is -2.39. The maximum Gasteiger partial charge on any atom is 0.257 e. The minimum Gasteiger partial charge on any atom is -0.494 e. The number of ether oxygens (including phenoxy) is 2. The van der Waals surface area contributed by atoms with E-state index in [2.05, 4.69) is 20.5 Å². The van der Waals surface area contributed by atoms with E-state index in [1.807, 2.05) is 26.0 Å². The fourth-order valence-electron chi connectivity index (χ4n) is 3.18. The molecule has 0 aromatic heterocycles. The van der Waals surface area contributed by atoms with E-state index in [1.54, 1.807) is 30.3 Å². The van der Waals surface area contributed by atoms with Gasteiger partial charge in [-0.25, -0.2) is 0 Å².